The lowest BCUT2D eigenvalue weighted by Crippen LogP contribution is -2.06. The molecule has 0 unspecified atom stereocenters. The number of aryl methyl sites for hydroxylation is 1. The molecular weight excluding hydrogens is 376 g/mol. The van der Waals surface area contributed by atoms with Gasteiger partial charge in [-0.15, -0.1) is 10.2 Å². The lowest BCUT2D eigenvalue weighted by atomic mass is 9.99. The molecule has 0 saturated heterocycles. The number of pyridine rings is 1. The first-order valence-corrected chi connectivity index (χ1v) is 9.35. The van der Waals surface area contributed by atoms with Gasteiger partial charge in [0.15, 0.2) is 5.65 Å². The highest BCUT2D eigenvalue weighted by atomic mass is 19.1. The zero-order valence-corrected chi connectivity index (χ0v) is 15.7. The van der Waals surface area contributed by atoms with Crippen LogP contribution in [0.3, 0.4) is 0 Å². The van der Waals surface area contributed by atoms with E-state index in [1.807, 2.05) is 0 Å². The van der Waals surface area contributed by atoms with Crippen LogP contribution in [0.1, 0.15) is 22.5 Å². The number of halogens is 2. The van der Waals surface area contributed by atoms with E-state index in [1.54, 1.807) is 36.0 Å². The monoisotopic (exact) mass is 393 g/mol. The Morgan fingerprint density at radius 3 is 2.90 bits per heavy atom. The van der Waals surface area contributed by atoms with Crippen LogP contribution in [-0.4, -0.2) is 31.2 Å². The van der Waals surface area contributed by atoms with E-state index in [0.717, 1.165) is 11.3 Å². The van der Waals surface area contributed by atoms with Gasteiger partial charge in [-0.25, -0.2) is 14.4 Å². The fourth-order valence-electron chi connectivity index (χ4n) is 3.87. The number of ether oxygens (including phenoxy) is 1. The van der Waals surface area contributed by atoms with Crippen molar-refractivity contribution < 1.29 is 13.5 Å². The van der Waals surface area contributed by atoms with Gasteiger partial charge in [-0.3, -0.25) is 4.40 Å². The van der Waals surface area contributed by atoms with Crippen molar-refractivity contribution in [1.82, 2.24) is 24.6 Å². The highest BCUT2D eigenvalue weighted by Crippen LogP contribution is 2.31. The summed E-state index contributed by atoms with van der Waals surface area (Å²) in [5, 5.41) is 8.19. The van der Waals surface area contributed by atoms with Crippen molar-refractivity contribution in [3.05, 3.63) is 71.2 Å². The van der Waals surface area contributed by atoms with Crippen molar-refractivity contribution in [2.75, 3.05) is 6.61 Å². The van der Waals surface area contributed by atoms with Gasteiger partial charge >= 0.3 is 0 Å². The van der Waals surface area contributed by atoms with Crippen LogP contribution in [0.2, 0.25) is 0 Å². The summed E-state index contributed by atoms with van der Waals surface area (Å²) >= 11 is 0. The van der Waals surface area contributed by atoms with Crippen molar-refractivity contribution in [3.63, 3.8) is 0 Å². The van der Waals surface area contributed by atoms with E-state index in [2.05, 4.69) is 20.2 Å². The third-order valence-corrected chi connectivity index (χ3v) is 5.38. The number of nitrogens with zero attached hydrogens (tertiary/aromatic N) is 5. The first-order valence-electron chi connectivity index (χ1n) is 9.35. The topological polar surface area (TPSA) is 65.2 Å². The largest absolute Gasteiger partial charge is 0.493 e. The highest BCUT2D eigenvalue weighted by molar-refractivity contribution is 5.78. The summed E-state index contributed by atoms with van der Waals surface area (Å²) in [7, 11) is 0. The molecule has 4 aromatic rings. The van der Waals surface area contributed by atoms with E-state index in [9.17, 15) is 8.78 Å². The summed E-state index contributed by atoms with van der Waals surface area (Å²) in [6.45, 7) is 2.25. The zero-order valence-electron chi connectivity index (χ0n) is 15.7. The van der Waals surface area contributed by atoms with E-state index in [1.165, 1.54) is 12.3 Å². The van der Waals surface area contributed by atoms with Gasteiger partial charge in [0.2, 0.25) is 5.95 Å². The lowest BCUT2D eigenvalue weighted by Gasteiger charge is -2.11. The van der Waals surface area contributed by atoms with Crippen molar-refractivity contribution >= 4 is 5.65 Å². The van der Waals surface area contributed by atoms with Crippen LogP contribution in [0.25, 0.3) is 16.8 Å². The van der Waals surface area contributed by atoms with Crippen molar-refractivity contribution in [1.29, 1.82) is 0 Å². The molecule has 29 heavy (non-hydrogen) atoms. The molecule has 0 atom stereocenters. The van der Waals surface area contributed by atoms with Crippen LogP contribution in [0.15, 0.2) is 36.9 Å². The Morgan fingerprint density at radius 2 is 2.00 bits per heavy atom. The molecule has 0 amide bonds. The fraction of sp³-hybridized carbons (Fsp3) is 0.238. The Hall–Kier alpha value is -3.42. The quantitative estimate of drug-likeness (QED) is 0.497. The van der Waals surface area contributed by atoms with Crippen LogP contribution in [0.5, 0.6) is 5.75 Å². The summed E-state index contributed by atoms with van der Waals surface area (Å²) in [5.74, 6) is 0.708. The van der Waals surface area contributed by atoms with Gasteiger partial charge in [0, 0.05) is 41.9 Å². The average molecular weight is 393 g/mol. The molecule has 146 valence electrons. The zero-order chi connectivity index (χ0) is 20.0. The van der Waals surface area contributed by atoms with E-state index in [0.29, 0.717) is 59.6 Å². The summed E-state index contributed by atoms with van der Waals surface area (Å²) in [4.78, 5) is 8.23. The van der Waals surface area contributed by atoms with Crippen LogP contribution in [0, 0.1) is 18.7 Å². The predicted octanol–water partition coefficient (Wildman–Crippen LogP) is 3.49. The van der Waals surface area contributed by atoms with Crippen LogP contribution in [-0.2, 0) is 19.3 Å². The molecule has 0 spiro atoms. The Labute approximate surface area is 165 Å². The standard InChI is InChI=1S/C21H17F2N5O/c1-12-13(6-8-24-20(12)23)16-10-25-19(28-11-26-27-21(16)28)5-2-14-15-7-9-29-18(15)4-3-17(14)22/h3-4,6,8,10-11H,2,5,7,9H2,1H3. The normalized spacial score (nSPS) is 12.9. The SMILES string of the molecule is Cc1c(-c2cnc(CCc3c(F)ccc4c3CCO4)n3cnnc23)ccnc1F. The smallest absolute Gasteiger partial charge is 0.216 e. The molecule has 5 rings (SSSR count). The van der Waals surface area contributed by atoms with E-state index >= 15 is 0 Å². The molecule has 1 aliphatic rings. The molecule has 3 aromatic heterocycles. The Balaban J connectivity index is 1.52. The molecule has 0 radical (unpaired) electrons. The van der Waals surface area contributed by atoms with E-state index < -0.39 is 5.95 Å². The molecule has 6 nitrogen and oxygen atoms in total. The van der Waals surface area contributed by atoms with Crippen LogP contribution in [0.4, 0.5) is 8.78 Å². The number of benzene rings is 1. The molecule has 0 N–H and O–H groups in total. The minimum Gasteiger partial charge on any atom is -0.493 e. The highest BCUT2D eigenvalue weighted by Gasteiger charge is 2.20. The number of hydrogen-bond donors (Lipinski definition) is 0. The van der Waals surface area contributed by atoms with Gasteiger partial charge in [0.1, 0.15) is 23.7 Å². The molecular formula is C21H17F2N5O. The third kappa shape index (κ3) is 2.91. The predicted molar refractivity (Wildman–Crippen MR) is 102 cm³/mol. The average Bonchev–Trinajstić information content (AvgIpc) is 3.39. The Bertz CT molecular complexity index is 1240. The van der Waals surface area contributed by atoms with Crippen molar-refractivity contribution in [3.8, 4) is 16.9 Å². The van der Waals surface area contributed by atoms with Gasteiger partial charge in [0.25, 0.3) is 0 Å². The Kier molecular flexibility index (Phi) is 4.19. The molecule has 1 aromatic carbocycles. The number of fused-ring (bicyclic) bond motifs is 2. The first kappa shape index (κ1) is 17.7. The maximum Gasteiger partial charge on any atom is 0.216 e. The van der Waals surface area contributed by atoms with Gasteiger partial charge in [-0.05, 0) is 42.7 Å². The minimum atomic E-state index is -0.528. The second kappa shape index (κ2) is 6.88. The molecule has 1 aliphatic heterocycles. The summed E-state index contributed by atoms with van der Waals surface area (Å²) < 4.78 is 35.6. The van der Waals surface area contributed by atoms with Gasteiger partial charge in [-0.1, -0.05) is 0 Å². The minimum absolute atomic E-state index is 0.228. The van der Waals surface area contributed by atoms with E-state index in [4.69, 9.17) is 4.74 Å². The molecule has 0 bridgehead atoms. The van der Waals surface area contributed by atoms with Crippen LogP contribution >= 0.6 is 0 Å². The molecule has 4 heterocycles. The Morgan fingerprint density at radius 1 is 1.10 bits per heavy atom. The van der Waals surface area contributed by atoms with Crippen LogP contribution < -0.4 is 4.74 Å². The molecule has 0 fully saturated rings. The molecule has 8 heteroatoms. The van der Waals surface area contributed by atoms with E-state index in [-0.39, 0.29) is 5.82 Å². The van der Waals surface area contributed by atoms with Gasteiger partial charge in [0.05, 0.1) is 6.61 Å². The van der Waals surface area contributed by atoms with Gasteiger partial charge < -0.3 is 4.74 Å². The number of hydrogen-bond acceptors (Lipinski definition) is 5. The summed E-state index contributed by atoms with van der Waals surface area (Å²) in [5.41, 5.74) is 3.94. The third-order valence-electron chi connectivity index (χ3n) is 5.38. The molecule has 0 aliphatic carbocycles. The van der Waals surface area contributed by atoms with Crippen molar-refractivity contribution in [2.45, 2.75) is 26.2 Å². The van der Waals surface area contributed by atoms with Gasteiger partial charge in [-0.2, -0.15) is 4.39 Å². The second-order valence-corrected chi connectivity index (χ2v) is 6.99. The first-order chi connectivity index (χ1) is 14.1. The fourth-order valence-corrected chi connectivity index (χ4v) is 3.87. The molecule has 0 saturated carbocycles. The summed E-state index contributed by atoms with van der Waals surface area (Å²) in [6.07, 6.45) is 6.36. The van der Waals surface area contributed by atoms with Crippen molar-refractivity contribution in [2.24, 2.45) is 0 Å². The second-order valence-electron chi connectivity index (χ2n) is 6.99. The maximum absolute atomic E-state index is 14.4. The number of aromatic nitrogens is 5. The number of rotatable bonds is 4. The summed E-state index contributed by atoms with van der Waals surface area (Å²) in [6, 6.07) is 4.86. The lowest BCUT2D eigenvalue weighted by molar-refractivity contribution is 0.356. The maximum atomic E-state index is 14.4.